The third kappa shape index (κ3) is 2.54. The number of hydrazine groups is 1. The van der Waals surface area contributed by atoms with Gasteiger partial charge in [0.15, 0.2) is 0 Å². The number of amidine groups is 1. The standard InChI is InChI=1S/C8H9F3N4O/c9-8(10,11)7(14-12)15(13)5-1-3-6(16)4-2-5/h1-4,16H,12-13H2/b14-7-. The maximum Gasteiger partial charge on any atom is 0.452 e. The Morgan fingerprint density at radius 2 is 1.75 bits per heavy atom. The highest BCUT2D eigenvalue weighted by molar-refractivity contribution is 6.00. The fraction of sp³-hybridized carbons (Fsp3) is 0.125. The molecule has 1 aromatic rings. The number of phenolic OH excluding ortho intramolecular Hbond substituents is 1. The molecule has 0 radical (unpaired) electrons. The van der Waals surface area contributed by atoms with Crippen LogP contribution in [0.1, 0.15) is 0 Å². The first kappa shape index (κ1) is 12.1. The van der Waals surface area contributed by atoms with Crippen molar-refractivity contribution in [3.63, 3.8) is 0 Å². The molecule has 0 saturated heterocycles. The van der Waals surface area contributed by atoms with Crippen molar-refractivity contribution in [2.75, 3.05) is 5.01 Å². The van der Waals surface area contributed by atoms with E-state index < -0.39 is 12.0 Å². The molecule has 1 aromatic carbocycles. The first-order valence-electron chi connectivity index (χ1n) is 4.05. The topological polar surface area (TPSA) is 87.9 Å². The lowest BCUT2D eigenvalue weighted by molar-refractivity contribution is -0.0604. The van der Waals surface area contributed by atoms with Crippen LogP contribution < -0.4 is 16.7 Å². The van der Waals surface area contributed by atoms with E-state index in [9.17, 15) is 13.2 Å². The molecule has 1 rings (SSSR count). The molecule has 0 bridgehead atoms. The minimum Gasteiger partial charge on any atom is -0.508 e. The number of nitrogens with two attached hydrogens (primary N) is 2. The van der Waals surface area contributed by atoms with Gasteiger partial charge >= 0.3 is 6.18 Å². The highest BCUT2D eigenvalue weighted by Gasteiger charge is 2.39. The molecule has 0 unspecified atom stereocenters. The van der Waals surface area contributed by atoms with Crippen LogP contribution in [0.2, 0.25) is 0 Å². The number of hydrazone groups is 1. The Labute approximate surface area is 88.7 Å². The van der Waals surface area contributed by atoms with Gasteiger partial charge in [-0.15, -0.1) is 0 Å². The second kappa shape index (κ2) is 4.27. The number of hydrogen-bond donors (Lipinski definition) is 3. The number of nitrogens with zero attached hydrogens (tertiary/aromatic N) is 2. The minimum absolute atomic E-state index is 0.000625. The summed E-state index contributed by atoms with van der Waals surface area (Å²) in [5.41, 5.74) is -0.000625. The Hall–Kier alpha value is -1.96. The minimum atomic E-state index is -4.75. The van der Waals surface area contributed by atoms with Crippen LogP contribution in [0.4, 0.5) is 18.9 Å². The van der Waals surface area contributed by atoms with Crippen LogP contribution in [0.3, 0.4) is 0 Å². The summed E-state index contributed by atoms with van der Waals surface area (Å²) in [6, 6.07) is 4.79. The van der Waals surface area contributed by atoms with Gasteiger partial charge in [-0.3, -0.25) is 5.01 Å². The molecule has 8 heteroatoms. The van der Waals surface area contributed by atoms with Crippen molar-refractivity contribution >= 4 is 11.5 Å². The normalized spacial score (nSPS) is 12.6. The van der Waals surface area contributed by atoms with E-state index in [1.807, 2.05) is 0 Å². The number of alkyl halides is 3. The fourth-order valence-corrected chi connectivity index (χ4v) is 1.01. The quantitative estimate of drug-likeness (QED) is 0.291. The van der Waals surface area contributed by atoms with E-state index >= 15 is 0 Å². The van der Waals surface area contributed by atoms with Crippen LogP contribution in [-0.2, 0) is 0 Å². The molecule has 88 valence electrons. The van der Waals surface area contributed by atoms with Crippen molar-refractivity contribution in [1.29, 1.82) is 0 Å². The number of benzene rings is 1. The van der Waals surface area contributed by atoms with Crippen molar-refractivity contribution in [3.05, 3.63) is 24.3 Å². The number of phenols is 1. The van der Waals surface area contributed by atoms with Gasteiger partial charge in [0, 0.05) is 0 Å². The van der Waals surface area contributed by atoms with Gasteiger partial charge in [0.25, 0.3) is 0 Å². The summed E-state index contributed by atoms with van der Waals surface area (Å²) in [5, 5.41) is 11.8. The van der Waals surface area contributed by atoms with Gasteiger partial charge in [0.05, 0.1) is 5.69 Å². The smallest absolute Gasteiger partial charge is 0.452 e. The van der Waals surface area contributed by atoms with Crippen molar-refractivity contribution in [1.82, 2.24) is 0 Å². The van der Waals surface area contributed by atoms with Gasteiger partial charge in [0.1, 0.15) is 5.75 Å². The van der Waals surface area contributed by atoms with E-state index in [1.165, 1.54) is 24.3 Å². The van der Waals surface area contributed by atoms with Crippen molar-refractivity contribution in [2.24, 2.45) is 16.8 Å². The molecule has 5 nitrogen and oxygen atoms in total. The number of halogens is 3. The summed E-state index contributed by atoms with van der Waals surface area (Å²) in [7, 11) is 0. The Bertz CT molecular complexity index is 387. The molecule has 0 aliphatic heterocycles. The van der Waals surface area contributed by atoms with Gasteiger partial charge in [-0.1, -0.05) is 0 Å². The maximum atomic E-state index is 12.4. The third-order valence-corrected chi connectivity index (χ3v) is 1.73. The van der Waals surface area contributed by atoms with E-state index in [0.717, 1.165) is 0 Å². The second-order valence-electron chi connectivity index (χ2n) is 2.84. The van der Waals surface area contributed by atoms with Crippen LogP contribution in [0.5, 0.6) is 5.75 Å². The molecular formula is C8H9F3N4O. The number of rotatable bonds is 1. The molecule has 0 amide bonds. The number of hydrogen-bond acceptors (Lipinski definition) is 4. The summed E-state index contributed by atoms with van der Waals surface area (Å²) < 4.78 is 37.1. The summed E-state index contributed by atoms with van der Waals surface area (Å²) in [4.78, 5) is 0. The van der Waals surface area contributed by atoms with E-state index in [2.05, 4.69) is 10.9 Å². The van der Waals surface area contributed by atoms with Crippen LogP contribution in [0, 0.1) is 0 Å². The monoisotopic (exact) mass is 234 g/mol. The zero-order valence-electron chi connectivity index (χ0n) is 7.94. The molecule has 0 heterocycles. The largest absolute Gasteiger partial charge is 0.508 e. The average molecular weight is 234 g/mol. The van der Waals surface area contributed by atoms with Gasteiger partial charge in [-0.05, 0) is 24.3 Å². The lowest BCUT2D eigenvalue weighted by Crippen LogP contribution is -2.46. The van der Waals surface area contributed by atoms with Crippen LogP contribution in [0.15, 0.2) is 29.4 Å². The van der Waals surface area contributed by atoms with Gasteiger partial charge in [-0.2, -0.15) is 18.3 Å². The maximum absolute atomic E-state index is 12.4. The van der Waals surface area contributed by atoms with E-state index in [4.69, 9.17) is 10.9 Å². The fourth-order valence-electron chi connectivity index (χ4n) is 1.01. The van der Waals surface area contributed by atoms with Crippen molar-refractivity contribution in [3.8, 4) is 5.75 Å². The molecule has 0 spiro atoms. The molecule has 0 aliphatic carbocycles. The SMILES string of the molecule is N/N=C(\N(N)c1ccc(O)cc1)C(F)(F)F. The third-order valence-electron chi connectivity index (χ3n) is 1.73. The first-order chi connectivity index (χ1) is 7.36. The Balaban J connectivity index is 3.01. The van der Waals surface area contributed by atoms with Gasteiger partial charge in [0.2, 0.25) is 5.84 Å². The average Bonchev–Trinajstić information content (AvgIpc) is 2.17. The molecule has 5 N–H and O–H groups in total. The Morgan fingerprint density at radius 1 is 1.25 bits per heavy atom. The predicted molar refractivity (Wildman–Crippen MR) is 52.5 cm³/mol. The summed E-state index contributed by atoms with van der Waals surface area (Å²) in [6.07, 6.45) is -4.75. The zero-order chi connectivity index (χ0) is 12.3. The van der Waals surface area contributed by atoms with Gasteiger partial charge < -0.3 is 10.9 Å². The van der Waals surface area contributed by atoms with E-state index in [0.29, 0.717) is 5.01 Å². The highest BCUT2D eigenvalue weighted by atomic mass is 19.4. The van der Waals surface area contributed by atoms with Crippen LogP contribution in [0.25, 0.3) is 0 Å². The van der Waals surface area contributed by atoms with Crippen LogP contribution in [-0.4, -0.2) is 17.1 Å². The lowest BCUT2D eigenvalue weighted by atomic mass is 10.3. The molecule has 16 heavy (non-hydrogen) atoms. The van der Waals surface area contributed by atoms with E-state index in [1.54, 1.807) is 0 Å². The highest BCUT2D eigenvalue weighted by Crippen LogP contribution is 2.23. The molecule has 0 saturated carbocycles. The molecule has 0 aliphatic rings. The lowest BCUT2D eigenvalue weighted by Gasteiger charge is -2.21. The molecule has 0 atom stereocenters. The van der Waals surface area contributed by atoms with Crippen molar-refractivity contribution in [2.45, 2.75) is 6.18 Å². The zero-order valence-corrected chi connectivity index (χ0v) is 7.94. The Kier molecular flexibility index (Phi) is 3.23. The molecule has 0 aromatic heterocycles. The number of anilines is 1. The first-order valence-corrected chi connectivity index (χ1v) is 4.05. The predicted octanol–water partition coefficient (Wildman–Crippen LogP) is 0.907. The summed E-state index contributed by atoms with van der Waals surface area (Å²) in [5.74, 6) is 8.31. The Morgan fingerprint density at radius 3 is 2.12 bits per heavy atom. The summed E-state index contributed by atoms with van der Waals surface area (Å²) >= 11 is 0. The van der Waals surface area contributed by atoms with E-state index in [-0.39, 0.29) is 11.4 Å². The second-order valence-corrected chi connectivity index (χ2v) is 2.84. The van der Waals surface area contributed by atoms with Crippen molar-refractivity contribution < 1.29 is 18.3 Å². The summed E-state index contributed by atoms with van der Waals surface area (Å²) in [6.45, 7) is 0. The molecule has 0 fully saturated rings. The van der Waals surface area contributed by atoms with Gasteiger partial charge in [-0.25, -0.2) is 5.84 Å². The van der Waals surface area contributed by atoms with Crippen LogP contribution >= 0.6 is 0 Å². The molecular weight excluding hydrogens is 225 g/mol. The number of aromatic hydroxyl groups is 1.